The number of nitrogens with zero attached hydrogens (tertiary/aromatic N) is 1. The van der Waals surface area contributed by atoms with Gasteiger partial charge in [0.25, 0.3) is 5.91 Å². The second-order valence-corrected chi connectivity index (χ2v) is 6.15. The molecule has 2 N–H and O–H groups in total. The third kappa shape index (κ3) is 4.45. The largest absolute Gasteiger partial charge is 0.384 e. The molecular weight excluding hydrogens is 316 g/mol. The van der Waals surface area contributed by atoms with Gasteiger partial charge in [0.05, 0.1) is 17.8 Å². The second kappa shape index (κ2) is 7.94. The molecule has 0 saturated heterocycles. The maximum Gasteiger partial charge on any atom is 0.253 e. The average Bonchev–Trinajstić information content (AvgIpc) is 2.65. The van der Waals surface area contributed by atoms with Crippen molar-refractivity contribution in [1.29, 1.82) is 0 Å². The molecular formula is C20H24N2O3. The number of aliphatic hydroxyl groups is 1. The molecule has 25 heavy (non-hydrogen) atoms. The van der Waals surface area contributed by atoms with Crippen molar-refractivity contribution in [2.24, 2.45) is 0 Å². The van der Waals surface area contributed by atoms with E-state index < -0.39 is 5.60 Å². The number of rotatable bonds is 6. The molecule has 1 atom stereocenters. The molecule has 0 heterocycles. The average molecular weight is 340 g/mol. The standard InChI is InChI=1S/C20H24N2O3/c1-4-18(23)22(3)17-13-9-8-12-16(17)19(24)21-14-20(2,25)15-10-6-5-7-11-15/h5-13,25H,4,14H2,1-3H3,(H,21,24). The molecule has 0 spiro atoms. The Balaban J connectivity index is 2.15. The van der Waals surface area contributed by atoms with Gasteiger partial charge in [-0.05, 0) is 24.6 Å². The summed E-state index contributed by atoms with van der Waals surface area (Å²) >= 11 is 0. The normalized spacial score (nSPS) is 13.0. The topological polar surface area (TPSA) is 69.6 Å². The Kier molecular flexibility index (Phi) is 5.93. The molecule has 132 valence electrons. The fraction of sp³-hybridized carbons (Fsp3) is 0.300. The van der Waals surface area contributed by atoms with Gasteiger partial charge in [0.2, 0.25) is 5.91 Å². The summed E-state index contributed by atoms with van der Waals surface area (Å²) in [7, 11) is 1.65. The molecule has 2 rings (SSSR count). The maximum absolute atomic E-state index is 12.6. The van der Waals surface area contributed by atoms with Crippen LogP contribution < -0.4 is 10.2 Å². The Hall–Kier alpha value is -2.66. The Bertz CT molecular complexity index is 742. The molecule has 5 heteroatoms. The van der Waals surface area contributed by atoms with E-state index in [0.717, 1.165) is 5.56 Å². The lowest BCUT2D eigenvalue weighted by molar-refractivity contribution is -0.118. The van der Waals surface area contributed by atoms with Crippen molar-refractivity contribution >= 4 is 17.5 Å². The van der Waals surface area contributed by atoms with Gasteiger partial charge in [-0.1, -0.05) is 49.4 Å². The first kappa shape index (κ1) is 18.7. The summed E-state index contributed by atoms with van der Waals surface area (Å²) in [6.07, 6.45) is 0.356. The van der Waals surface area contributed by atoms with Gasteiger partial charge >= 0.3 is 0 Å². The van der Waals surface area contributed by atoms with Crippen molar-refractivity contribution in [3.05, 3.63) is 65.7 Å². The first-order valence-corrected chi connectivity index (χ1v) is 8.28. The molecule has 5 nitrogen and oxygen atoms in total. The van der Waals surface area contributed by atoms with E-state index in [4.69, 9.17) is 0 Å². The summed E-state index contributed by atoms with van der Waals surface area (Å²) in [5.41, 5.74) is 0.487. The van der Waals surface area contributed by atoms with Crippen molar-refractivity contribution in [2.45, 2.75) is 25.9 Å². The molecule has 0 aromatic heterocycles. The Morgan fingerprint density at radius 2 is 1.68 bits per heavy atom. The molecule has 0 fully saturated rings. The van der Waals surface area contributed by atoms with Crippen LogP contribution in [0.5, 0.6) is 0 Å². The maximum atomic E-state index is 12.6. The minimum Gasteiger partial charge on any atom is -0.384 e. The van der Waals surface area contributed by atoms with E-state index in [2.05, 4.69) is 5.32 Å². The lowest BCUT2D eigenvalue weighted by Crippen LogP contribution is -2.39. The molecule has 0 bridgehead atoms. The van der Waals surface area contributed by atoms with Crippen molar-refractivity contribution in [3.63, 3.8) is 0 Å². The molecule has 2 aromatic rings. The number of hydrogen-bond acceptors (Lipinski definition) is 3. The molecule has 0 aliphatic carbocycles. The fourth-order valence-corrected chi connectivity index (χ4v) is 2.58. The van der Waals surface area contributed by atoms with E-state index >= 15 is 0 Å². The summed E-state index contributed by atoms with van der Waals surface area (Å²) < 4.78 is 0. The molecule has 0 aliphatic rings. The van der Waals surface area contributed by atoms with Crippen LogP contribution in [-0.2, 0) is 10.4 Å². The first-order valence-electron chi connectivity index (χ1n) is 8.28. The molecule has 2 aromatic carbocycles. The first-order chi connectivity index (χ1) is 11.9. The number of anilines is 1. The van der Waals surface area contributed by atoms with Gasteiger partial charge in [-0.15, -0.1) is 0 Å². The van der Waals surface area contributed by atoms with Gasteiger partial charge in [0.1, 0.15) is 5.60 Å². The van der Waals surface area contributed by atoms with Crippen LogP contribution in [-0.4, -0.2) is 30.5 Å². The third-order valence-electron chi connectivity index (χ3n) is 4.18. The highest BCUT2D eigenvalue weighted by molar-refractivity contribution is 6.04. The molecule has 0 aliphatic heterocycles. The van der Waals surface area contributed by atoms with Gasteiger partial charge in [0, 0.05) is 13.5 Å². The van der Waals surface area contributed by atoms with Crippen molar-refractivity contribution in [3.8, 4) is 0 Å². The minimum absolute atomic E-state index is 0.0651. The highest BCUT2D eigenvalue weighted by atomic mass is 16.3. The summed E-state index contributed by atoms with van der Waals surface area (Å²) in [6, 6.07) is 16.1. The predicted octanol–water partition coefficient (Wildman–Crippen LogP) is 2.70. The number of carbonyl (C=O) groups excluding carboxylic acids is 2. The number of benzene rings is 2. The van der Waals surface area contributed by atoms with Gasteiger partial charge in [0.15, 0.2) is 0 Å². The van der Waals surface area contributed by atoms with Gasteiger partial charge < -0.3 is 15.3 Å². The van der Waals surface area contributed by atoms with Crippen LogP contribution in [0.3, 0.4) is 0 Å². The van der Waals surface area contributed by atoms with E-state index in [1.165, 1.54) is 4.90 Å². The van der Waals surface area contributed by atoms with Crippen LogP contribution in [0.4, 0.5) is 5.69 Å². The van der Waals surface area contributed by atoms with Crippen molar-refractivity contribution in [2.75, 3.05) is 18.5 Å². The van der Waals surface area contributed by atoms with E-state index in [-0.39, 0.29) is 18.4 Å². The van der Waals surface area contributed by atoms with Gasteiger partial charge in [-0.25, -0.2) is 0 Å². The van der Waals surface area contributed by atoms with E-state index in [0.29, 0.717) is 17.7 Å². The van der Waals surface area contributed by atoms with E-state index in [1.807, 2.05) is 30.3 Å². The highest BCUT2D eigenvalue weighted by Crippen LogP contribution is 2.22. The van der Waals surface area contributed by atoms with Crippen LogP contribution in [0.25, 0.3) is 0 Å². The Labute approximate surface area is 148 Å². The zero-order valence-corrected chi connectivity index (χ0v) is 14.8. The smallest absolute Gasteiger partial charge is 0.253 e. The summed E-state index contributed by atoms with van der Waals surface area (Å²) in [6.45, 7) is 3.50. The lowest BCUT2D eigenvalue weighted by Gasteiger charge is -2.25. The molecule has 2 amide bonds. The lowest BCUT2D eigenvalue weighted by atomic mass is 9.96. The van der Waals surface area contributed by atoms with Crippen LogP contribution in [0.1, 0.15) is 36.2 Å². The van der Waals surface area contributed by atoms with E-state index in [1.54, 1.807) is 45.2 Å². The van der Waals surface area contributed by atoms with Crippen LogP contribution >= 0.6 is 0 Å². The van der Waals surface area contributed by atoms with Gasteiger partial charge in [-0.3, -0.25) is 9.59 Å². The highest BCUT2D eigenvalue weighted by Gasteiger charge is 2.25. The van der Waals surface area contributed by atoms with Gasteiger partial charge in [-0.2, -0.15) is 0 Å². The van der Waals surface area contributed by atoms with E-state index in [9.17, 15) is 14.7 Å². The quantitative estimate of drug-likeness (QED) is 0.849. The number of amides is 2. The molecule has 1 unspecified atom stereocenters. The SMILES string of the molecule is CCC(=O)N(C)c1ccccc1C(=O)NCC(C)(O)c1ccccc1. The Morgan fingerprint density at radius 1 is 1.08 bits per heavy atom. The number of hydrogen-bond donors (Lipinski definition) is 2. The van der Waals surface area contributed by atoms with Crippen molar-refractivity contribution < 1.29 is 14.7 Å². The third-order valence-corrected chi connectivity index (χ3v) is 4.18. The minimum atomic E-state index is -1.18. The summed E-state index contributed by atoms with van der Waals surface area (Å²) in [5, 5.41) is 13.4. The zero-order chi connectivity index (χ0) is 18.4. The Morgan fingerprint density at radius 3 is 2.32 bits per heavy atom. The molecule has 0 radical (unpaired) electrons. The molecule has 0 saturated carbocycles. The van der Waals surface area contributed by atoms with Crippen molar-refractivity contribution in [1.82, 2.24) is 5.32 Å². The fourth-order valence-electron chi connectivity index (χ4n) is 2.58. The van der Waals surface area contributed by atoms with Crippen LogP contribution in [0.15, 0.2) is 54.6 Å². The number of nitrogens with one attached hydrogen (secondary N) is 1. The number of para-hydroxylation sites is 1. The summed E-state index contributed by atoms with van der Waals surface area (Å²) in [5.74, 6) is -0.404. The summed E-state index contributed by atoms with van der Waals surface area (Å²) in [4.78, 5) is 26.0. The zero-order valence-electron chi connectivity index (χ0n) is 14.8. The number of carbonyl (C=O) groups is 2. The second-order valence-electron chi connectivity index (χ2n) is 6.15. The van der Waals surface area contributed by atoms with Crippen LogP contribution in [0.2, 0.25) is 0 Å². The van der Waals surface area contributed by atoms with Crippen LogP contribution in [0, 0.1) is 0 Å². The predicted molar refractivity (Wildman–Crippen MR) is 98.5 cm³/mol. The monoisotopic (exact) mass is 340 g/mol.